The lowest BCUT2D eigenvalue weighted by Gasteiger charge is -2.31. The highest BCUT2D eigenvalue weighted by molar-refractivity contribution is 7.52. The van der Waals surface area contributed by atoms with E-state index in [1.165, 1.54) is 29.8 Å². The number of benzene rings is 1. The summed E-state index contributed by atoms with van der Waals surface area (Å²) in [5.74, 6) is -3.26. The van der Waals surface area contributed by atoms with Gasteiger partial charge in [-0.25, -0.2) is 9.08 Å². The maximum atomic E-state index is 14.5. The van der Waals surface area contributed by atoms with Crippen LogP contribution in [0.15, 0.2) is 54.7 Å². The molecular weight excluding hydrogens is 697 g/mol. The zero-order chi connectivity index (χ0) is 37.6. The van der Waals surface area contributed by atoms with Crippen LogP contribution >= 0.6 is 7.75 Å². The van der Waals surface area contributed by atoms with Crippen LogP contribution in [0.5, 0.6) is 5.75 Å². The zero-order valence-electron chi connectivity index (χ0n) is 29.6. The predicted molar refractivity (Wildman–Crippen MR) is 184 cm³/mol. The minimum Gasteiger partial charge on any atom is -0.461 e. The first-order valence-corrected chi connectivity index (χ1v) is 18.6. The second-order valence-corrected chi connectivity index (χ2v) is 14.9. The molecule has 5 rings (SSSR count). The third-order valence-corrected chi connectivity index (χ3v) is 10.1. The van der Waals surface area contributed by atoms with Crippen LogP contribution in [0.25, 0.3) is 5.52 Å². The van der Waals surface area contributed by atoms with E-state index in [9.17, 15) is 24.2 Å². The molecular formula is C35H44N5O11P. The van der Waals surface area contributed by atoms with Crippen molar-refractivity contribution in [2.45, 2.75) is 83.5 Å². The Bertz CT molecular complexity index is 1820. The van der Waals surface area contributed by atoms with Crippen LogP contribution in [0, 0.1) is 23.2 Å². The van der Waals surface area contributed by atoms with Crippen molar-refractivity contribution in [1.82, 2.24) is 14.7 Å². The minimum absolute atomic E-state index is 0.120. The number of nitrogen functional groups attached to an aromatic ring is 1. The standard InChI is InChI=1S/C35H44N5O11P/c1-21(2)32(41)48-30-29(28-12-11-27-26(37)13-16-38-40(27)28)50-35(19-36,31(30)49-33(42)22(3)4)20-46-52(44,51-25-9-7-6-8-10-25)39-23(5)34(43)47-24-14-17-45-18-15-24/h6-13,16,21-24,29-31H,14-15,17-18,20,37H2,1-5H3,(H,39,44)/t23-,29-,30-,31-,35+,52-/m0/s1. The number of rotatable bonds is 14. The van der Waals surface area contributed by atoms with E-state index >= 15 is 0 Å². The van der Waals surface area contributed by atoms with Gasteiger partial charge in [0.2, 0.25) is 5.60 Å². The van der Waals surface area contributed by atoms with E-state index in [2.05, 4.69) is 10.2 Å². The number of esters is 3. The van der Waals surface area contributed by atoms with Crippen LogP contribution in [0.4, 0.5) is 5.69 Å². The Morgan fingerprint density at radius 2 is 1.67 bits per heavy atom. The van der Waals surface area contributed by atoms with Crippen molar-refractivity contribution in [2.75, 3.05) is 25.6 Å². The molecule has 0 bridgehead atoms. The number of nitrogens with one attached hydrogen (secondary N) is 1. The number of para-hydroxylation sites is 1. The average Bonchev–Trinajstić information content (AvgIpc) is 3.68. The molecule has 280 valence electrons. The lowest BCUT2D eigenvalue weighted by atomic mass is 9.95. The molecule has 1 aromatic carbocycles. The molecule has 3 N–H and O–H groups in total. The first-order valence-electron chi connectivity index (χ1n) is 17.0. The van der Waals surface area contributed by atoms with Gasteiger partial charge in [0.15, 0.2) is 12.2 Å². The fourth-order valence-corrected chi connectivity index (χ4v) is 7.10. The Kier molecular flexibility index (Phi) is 12.2. The van der Waals surface area contributed by atoms with Crippen LogP contribution in [0.1, 0.15) is 59.3 Å². The zero-order valence-corrected chi connectivity index (χ0v) is 30.5. The summed E-state index contributed by atoms with van der Waals surface area (Å²) < 4.78 is 56.9. The largest absolute Gasteiger partial charge is 0.461 e. The molecule has 0 radical (unpaired) electrons. The number of aromatic nitrogens is 2. The molecule has 16 nitrogen and oxygen atoms in total. The molecule has 2 saturated heterocycles. The fraction of sp³-hybridized carbons (Fsp3) is 0.514. The Morgan fingerprint density at radius 3 is 2.33 bits per heavy atom. The van der Waals surface area contributed by atoms with E-state index in [-0.39, 0.29) is 11.9 Å². The number of nitrogens with two attached hydrogens (primary N) is 1. The van der Waals surface area contributed by atoms with Gasteiger partial charge in [0.1, 0.15) is 36.7 Å². The maximum absolute atomic E-state index is 14.5. The number of hydrogen-bond donors (Lipinski definition) is 2. The van der Waals surface area contributed by atoms with E-state index in [4.69, 9.17) is 38.5 Å². The highest BCUT2D eigenvalue weighted by Gasteiger charge is 2.62. The Morgan fingerprint density at radius 1 is 1.00 bits per heavy atom. The molecule has 2 aliphatic heterocycles. The summed E-state index contributed by atoms with van der Waals surface area (Å²) in [6.45, 7) is 7.89. The van der Waals surface area contributed by atoms with Gasteiger partial charge in [-0.3, -0.25) is 18.9 Å². The normalized spacial score (nSPS) is 23.8. The van der Waals surface area contributed by atoms with Crippen LogP contribution in [0.2, 0.25) is 0 Å². The molecule has 2 fully saturated rings. The number of hydrogen-bond acceptors (Lipinski definition) is 14. The van der Waals surface area contributed by atoms with Crippen molar-refractivity contribution in [3.63, 3.8) is 0 Å². The van der Waals surface area contributed by atoms with Crippen molar-refractivity contribution in [3.8, 4) is 11.8 Å². The average molecular weight is 742 g/mol. The van der Waals surface area contributed by atoms with Gasteiger partial charge in [0, 0.05) is 19.0 Å². The summed E-state index contributed by atoms with van der Waals surface area (Å²) in [5, 5.41) is 17.8. The van der Waals surface area contributed by atoms with E-state index in [1.807, 2.05) is 6.07 Å². The third-order valence-electron chi connectivity index (χ3n) is 8.50. The second-order valence-electron chi connectivity index (χ2n) is 13.2. The second kappa shape index (κ2) is 16.4. The number of nitriles is 1. The predicted octanol–water partition coefficient (Wildman–Crippen LogP) is 4.29. The maximum Gasteiger partial charge on any atom is 0.459 e. The monoisotopic (exact) mass is 741 g/mol. The summed E-state index contributed by atoms with van der Waals surface area (Å²) >= 11 is 0. The Hall–Kier alpha value is -4.52. The quantitative estimate of drug-likeness (QED) is 0.134. The molecule has 2 aliphatic rings. The van der Waals surface area contributed by atoms with Crippen LogP contribution in [-0.4, -0.2) is 77.3 Å². The van der Waals surface area contributed by atoms with Crippen LogP contribution < -0.4 is 15.3 Å². The highest BCUT2D eigenvalue weighted by Crippen LogP contribution is 2.50. The van der Waals surface area contributed by atoms with Crippen LogP contribution in [-0.2, 0) is 47.2 Å². The molecule has 0 amide bonds. The van der Waals surface area contributed by atoms with Crippen molar-refractivity contribution >= 4 is 36.9 Å². The van der Waals surface area contributed by atoms with Gasteiger partial charge in [0.25, 0.3) is 0 Å². The number of carbonyl (C=O) groups excluding carboxylic acids is 3. The molecule has 3 aromatic rings. The number of ether oxygens (including phenoxy) is 5. The molecule has 4 heterocycles. The molecule has 17 heteroatoms. The Labute approximate surface area is 301 Å². The molecule has 2 aromatic heterocycles. The van der Waals surface area contributed by atoms with Crippen LogP contribution in [0.3, 0.4) is 0 Å². The number of nitrogens with zero attached hydrogens (tertiary/aromatic N) is 3. The topological polar surface area (TPSA) is 212 Å². The first-order chi connectivity index (χ1) is 24.8. The van der Waals surface area contributed by atoms with Gasteiger partial charge in [-0.1, -0.05) is 45.9 Å². The molecule has 0 unspecified atom stereocenters. The summed E-state index contributed by atoms with van der Waals surface area (Å²) in [7, 11) is -4.57. The first kappa shape index (κ1) is 38.7. The van der Waals surface area contributed by atoms with Gasteiger partial charge in [-0.05, 0) is 37.3 Å². The molecule has 6 atom stereocenters. The van der Waals surface area contributed by atoms with Crippen molar-refractivity contribution in [1.29, 1.82) is 5.26 Å². The van der Waals surface area contributed by atoms with Gasteiger partial charge in [-0.15, -0.1) is 0 Å². The van der Waals surface area contributed by atoms with Crippen molar-refractivity contribution in [3.05, 3.63) is 60.4 Å². The van der Waals surface area contributed by atoms with E-state index < -0.39 is 74.1 Å². The summed E-state index contributed by atoms with van der Waals surface area (Å²) in [6.07, 6.45) is -2.18. The van der Waals surface area contributed by atoms with E-state index in [0.29, 0.717) is 43.0 Å². The van der Waals surface area contributed by atoms with Crippen molar-refractivity contribution in [2.24, 2.45) is 11.8 Å². The third kappa shape index (κ3) is 8.74. The number of fused-ring (bicyclic) bond motifs is 1. The molecule has 52 heavy (non-hydrogen) atoms. The van der Waals surface area contributed by atoms with Gasteiger partial charge >= 0.3 is 25.7 Å². The van der Waals surface area contributed by atoms with Gasteiger partial charge in [-0.2, -0.15) is 15.4 Å². The van der Waals surface area contributed by atoms with E-state index in [0.717, 1.165) is 0 Å². The van der Waals surface area contributed by atoms with E-state index in [1.54, 1.807) is 64.1 Å². The number of anilines is 1. The van der Waals surface area contributed by atoms with Gasteiger partial charge < -0.3 is 33.9 Å². The summed E-state index contributed by atoms with van der Waals surface area (Å²) in [4.78, 5) is 39.4. The lowest BCUT2D eigenvalue weighted by molar-refractivity contribution is -0.173. The van der Waals surface area contributed by atoms with Gasteiger partial charge in [0.05, 0.1) is 41.9 Å². The lowest BCUT2D eigenvalue weighted by Crippen LogP contribution is -2.50. The fourth-order valence-electron chi connectivity index (χ4n) is 5.58. The molecule has 0 spiro atoms. The molecule has 0 aliphatic carbocycles. The summed E-state index contributed by atoms with van der Waals surface area (Å²) in [5.41, 5.74) is 5.15. The summed E-state index contributed by atoms with van der Waals surface area (Å²) in [6, 6.07) is 13.8. The smallest absolute Gasteiger partial charge is 0.459 e. The van der Waals surface area contributed by atoms with Crippen molar-refractivity contribution < 1.29 is 51.7 Å². The minimum atomic E-state index is -4.57. The Balaban J connectivity index is 1.52. The number of carbonyl (C=O) groups is 3. The SMILES string of the molecule is CC(C)C(=O)O[C@H]1[C@H](c2ccc3c(N)ccnn23)O[C@](C#N)(CO[P@@](=O)(N[C@@H](C)C(=O)OC2CCOCC2)Oc2ccccc2)[C@H]1OC(=O)C(C)C. The highest BCUT2D eigenvalue weighted by atomic mass is 31.2. The molecule has 0 saturated carbocycles.